The first-order valence-electron chi connectivity index (χ1n) is 11.9. The van der Waals surface area contributed by atoms with Gasteiger partial charge < -0.3 is 24.6 Å². The number of para-hydroxylation sites is 2. The Morgan fingerprint density at radius 1 is 1.08 bits per heavy atom. The van der Waals surface area contributed by atoms with Crippen molar-refractivity contribution in [3.8, 4) is 11.5 Å². The quantitative estimate of drug-likeness (QED) is 0.452. The molecule has 184 valence electrons. The fraction of sp³-hybridized carbons (Fsp3) is 0.250. The van der Waals surface area contributed by atoms with E-state index < -0.39 is 0 Å². The number of carbonyl (C=O) groups is 2. The number of hydrogen-bond acceptors (Lipinski definition) is 5. The topological polar surface area (TPSA) is 98.9 Å². The number of nitrogens with zero attached hydrogens (tertiary/aromatic N) is 4. The molecule has 1 aromatic heterocycles. The number of imidazole rings is 1. The molecule has 8 heteroatoms. The summed E-state index contributed by atoms with van der Waals surface area (Å²) in [5.74, 6) is -0.0578. The number of phenolic OH excluding ortho intramolecular Hbond substituents is 2. The molecule has 4 aromatic rings. The fourth-order valence-electron chi connectivity index (χ4n) is 4.87. The van der Waals surface area contributed by atoms with Gasteiger partial charge in [-0.25, -0.2) is 4.98 Å². The molecule has 3 aromatic carbocycles. The van der Waals surface area contributed by atoms with Crippen molar-refractivity contribution in [1.29, 1.82) is 0 Å². The molecule has 0 aliphatic carbocycles. The molecule has 0 radical (unpaired) electrons. The van der Waals surface area contributed by atoms with Crippen molar-refractivity contribution >= 4 is 28.5 Å². The van der Waals surface area contributed by atoms with Crippen molar-refractivity contribution in [2.45, 2.75) is 32.4 Å². The smallest absolute Gasteiger partial charge is 0.262 e. The number of benzene rings is 3. The molecule has 2 heterocycles. The maximum atomic E-state index is 13.3. The first-order chi connectivity index (χ1) is 17.2. The van der Waals surface area contributed by atoms with Gasteiger partial charge in [0.25, 0.3) is 11.8 Å². The molecule has 0 bridgehead atoms. The van der Waals surface area contributed by atoms with Crippen LogP contribution in [0.3, 0.4) is 0 Å². The zero-order valence-corrected chi connectivity index (χ0v) is 20.5. The SMILES string of the molecule is CC1CCc2cc(C(=O)N(C)Cc3nc4ccccc4n3C)ccc2N1C(=O)c1ccc(O)cc1O. The Bertz CT molecular complexity index is 1490. The number of aryl methyl sites for hydroxylation is 2. The lowest BCUT2D eigenvalue weighted by Gasteiger charge is -2.35. The lowest BCUT2D eigenvalue weighted by Crippen LogP contribution is -2.42. The zero-order chi connectivity index (χ0) is 25.6. The summed E-state index contributed by atoms with van der Waals surface area (Å²) in [4.78, 5) is 34.6. The minimum absolute atomic E-state index is 0.0834. The van der Waals surface area contributed by atoms with Gasteiger partial charge >= 0.3 is 0 Å². The Morgan fingerprint density at radius 3 is 2.61 bits per heavy atom. The highest BCUT2D eigenvalue weighted by atomic mass is 16.3. The van der Waals surface area contributed by atoms with Gasteiger partial charge in [0.2, 0.25) is 0 Å². The number of fused-ring (bicyclic) bond motifs is 2. The molecule has 1 unspecified atom stereocenters. The summed E-state index contributed by atoms with van der Waals surface area (Å²) in [6.45, 7) is 2.32. The predicted octanol–water partition coefficient (Wildman–Crippen LogP) is 4.24. The normalized spacial score (nSPS) is 15.1. The number of rotatable bonds is 4. The second-order valence-electron chi connectivity index (χ2n) is 9.34. The minimum Gasteiger partial charge on any atom is -0.508 e. The van der Waals surface area contributed by atoms with Crippen molar-refractivity contribution in [2.24, 2.45) is 7.05 Å². The Kier molecular flexibility index (Phi) is 5.88. The van der Waals surface area contributed by atoms with Gasteiger partial charge in [0.1, 0.15) is 17.3 Å². The highest BCUT2D eigenvalue weighted by Gasteiger charge is 2.31. The molecule has 2 amide bonds. The number of phenols is 2. The summed E-state index contributed by atoms with van der Waals surface area (Å²) in [5.41, 5.74) is 4.20. The maximum absolute atomic E-state index is 13.3. The second-order valence-corrected chi connectivity index (χ2v) is 9.34. The van der Waals surface area contributed by atoms with Crippen LogP contribution in [0, 0.1) is 0 Å². The van der Waals surface area contributed by atoms with Crippen molar-refractivity contribution < 1.29 is 19.8 Å². The van der Waals surface area contributed by atoms with E-state index in [9.17, 15) is 19.8 Å². The summed E-state index contributed by atoms with van der Waals surface area (Å²) in [6.07, 6.45) is 1.46. The first-order valence-corrected chi connectivity index (χ1v) is 11.9. The summed E-state index contributed by atoms with van der Waals surface area (Å²) in [7, 11) is 3.70. The van der Waals surface area contributed by atoms with E-state index in [1.165, 1.54) is 12.1 Å². The third kappa shape index (κ3) is 4.04. The van der Waals surface area contributed by atoms with E-state index in [0.29, 0.717) is 12.1 Å². The number of carbonyl (C=O) groups excluding carboxylic acids is 2. The van der Waals surface area contributed by atoms with Crippen molar-refractivity contribution in [2.75, 3.05) is 11.9 Å². The van der Waals surface area contributed by atoms with Crippen LogP contribution in [0.4, 0.5) is 5.69 Å². The summed E-state index contributed by atoms with van der Waals surface area (Å²) in [5, 5.41) is 19.8. The van der Waals surface area contributed by atoms with E-state index in [4.69, 9.17) is 0 Å². The predicted molar refractivity (Wildman–Crippen MR) is 137 cm³/mol. The molecule has 1 atom stereocenters. The highest BCUT2D eigenvalue weighted by molar-refractivity contribution is 6.09. The van der Waals surface area contributed by atoms with Gasteiger partial charge in [-0.05, 0) is 67.8 Å². The average Bonchev–Trinajstić information content (AvgIpc) is 3.18. The van der Waals surface area contributed by atoms with E-state index in [0.717, 1.165) is 47.0 Å². The van der Waals surface area contributed by atoms with Gasteiger partial charge in [-0.3, -0.25) is 9.59 Å². The Balaban J connectivity index is 1.40. The minimum atomic E-state index is -0.348. The molecule has 1 aliphatic rings. The van der Waals surface area contributed by atoms with Crippen LogP contribution in [0.2, 0.25) is 0 Å². The monoisotopic (exact) mass is 484 g/mol. The summed E-state index contributed by atoms with van der Waals surface area (Å²) < 4.78 is 2.00. The number of hydrogen-bond donors (Lipinski definition) is 2. The molecule has 5 rings (SSSR count). The average molecular weight is 485 g/mol. The van der Waals surface area contributed by atoms with Gasteiger partial charge in [0.05, 0.1) is 23.1 Å². The fourth-order valence-corrected chi connectivity index (χ4v) is 4.87. The van der Waals surface area contributed by atoms with Crippen LogP contribution in [-0.2, 0) is 20.0 Å². The Morgan fingerprint density at radius 2 is 1.86 bits per heavy atom. The highest BCUT2D eigenvalue weighted by Crippen LogP contribution is 2.35. The molecular weight excluding hydrogens is 456 g/mol. The largest absolute Gasteiger partial charge is 0.508 e. The molecule has 0 saturated carbocycles. The molecule has 8 nitrogen and oxygen atoms in total. The third-order valence-corrected chi connectivity index (χ3v) is 6.89. The Hall–Kier alpha value is -4.33. The van der Waals surface area contributed by atoms with Crippen LogP contribution in [0.25, 0.3) is 11.0 Å². The summed E-state index contributed by atoms with van der Waals surface area (Å²) in [6, 6.07) is 17.1. The second kappa shape index (κ2) is 9.03. The lowest BCUT2D eigenvalue weighted by molar-refractivity contribution is 0.0780. The first kappa shape index (κ1) is 23.4. The van der Waals surface area contributed by atoms with Gasteiger partial charge in [0.15, 0.2) is 0 Å². The summed E-state index contributed by atoms with van der Waals surface area (Å²) >= 11 is 0. The van der Waals surface area contributed by atoms with Gasteiger partial charge in [-0.15, -0.1) is 0 Å². The maximum Gasteiger partial charge on any atom is 0.262 e. The zero-order valence-electron chi connectivity index (χ0n) is 20.5. The van der Waals surface area contributed by atoms with Gasteiger partial charge in [-0.2, -0.15) is 0 Å². The van der Waals surface area contributed by atoms with E-state index in [2.05, 4.69) is 4.98 Å². The van der Waals surface area contributed by atoms with Crippen molar-refractivity contribution in [1.82, 2.24) is 14.5 Å². The van der Waals surface area contributed by atoms with Crippen LogP contribution in [0.1, 0.15) is 45.4 Å². The van der Waals surface area contributed by atoms with Crippen molar-refractivity contribution in [3.05, 3.63) is 83.2 Å². The van der Waals surface area contributed by atoms with Crippen LogP contribution in [0.15, 0.2) is 60.7 Å². The molecule has 1 aliphatic heterocycles. The van der Waals surface area contributed by atoms with E-state index >= 15 is 0 Å². The molecule has 0 spiro atoms. The molecule has 2 N–H and O–H groups in total. The van der Waals surface area contributed by atoms with Crippen LogP contribution in [-0.4, -0.2) is 49.6 Å². The van der Waals surface area contributed by atoms with E-state index in [-0.39, 0.29) is 34.9 Å². The van der Waals surface area contributed by atoms with Crippen LogP contribution < -0.4 is 4.90 Å². The van der Waals surface area contributed by atoms with Gasteiger partial charge in [0, 0.05) is 37.5 Å². The lowest BCUT2D eigenvalue weighted by atomic mass is 9.93. The number of amides is 2. The third-order valence-electron chi connectivity index (χ3n) is 6.89. The number of anilines is 1. The molecule has 0 saturated heterocycles. The van der Waals surface area contributed by atoms with E-state index in [1.54, 1.807) is 29.0 Å². The van der Waals surface area contributed by atoms with Crippen molar-refractivity contribution in [3.63, 3.8) is 0 Å². The van der Waals surface area contributed by atoms with Crippen LogP contribution >= 0.6 is 0 Å². The Labute approximate surface area is 209 Å². The van der Waals surface area contributed by atoms with Crippen LogP contribution in [0.5, 0.6) is 11.5 Å². The standard InChI is InChI=1S/C28H28N4O4/c1-17-8-9-18-14-19(10-13-23(18)32(17)28(36)21-12-11-20(33)15-25(21)34)27(35)30(2)16-26-29-22-6-4-5-7-24(22)31(26)3/h4-7,10-15,17,33-34H,8-9,16H2,1-3H3. The molecular formula is C28H28N4O4. The molecule has 0 fully saturated rings. The number of aromatic nitrogens is 2. The molecule has 36 heavy (non-hydrogen) atoms. The number of aromatic hydroxyl groups is 2. The van der Waals surface area contributed by atoms with Gasteiger partial charge in [-0.1, -0.05) is 12.1 Å². The van der Waals surface area contributed by atoms with E-state index in [1.807, 2.05) is 48.9 Å².